The van der Waals surface area contributed by atoms with Gasteiger partial charge in [0.1, 0.15) is 12.4 Å². The SMILES string of the molecule is Cc1ccc(COc2ccc(C)cc2C=CC(=O)O)cc1. The molecule has 0 fully saturated rings. The topological polar surface area (TPSA) is 46.5 Å². The van der Waals surface area contributed by atoms with Crippen LogP contribution in [0.4, 0.5) is 0 Å². The van der Waals surface area contributed by atoms with E-state index >= 15 is 0 Å². The van der Waals surface area contributed by atoms with Crippen LogP contribution in [0.2, 0.25) is 0 Å². The number of hydrogen-bond acceptors (Lipinski definition) is 2. The van der Waals surface area contributed by atoms with Crippen LogP contribution in [0.15, 0.2) is 48.5 Å². The van der Waals surface area contributed by atoms with E-state index in [4.69, 9.17) is 9.84 Å². The molecule has 0 atom stereocenters. The summed E-state index contributed by atoms with van der Waals surface area (Å²) in [4.78, 5) is 10.7. The van der Waals surface area contributed by atoms with Gasteiger partial charge in [-0.25, -0.2) is 4.79 Å². The largest absolute Gasteiger partial charge is 0.488 e. The third kappa shape index (κ3) is 4.49. The van der Waals surface area contributed by atoms with E-state index in [0.717, 1.165) is 22.8 Å². The molecule has 2 rings (SSSR count). The van der Waals surface area contributed by atoms with Gasteiger partial charge in [-0.15, -0.1) is 0 Å². The summed E-state index contributed by atoms with van der Waals surface area (Å²) in [7, 11) is 0. The second-order valence-electron chi connectivity index (χ2n) is 4.99. The van der Waals surface area contributed by atoms with Crippen molar-refractivity contribution in [2.24, 2.45) is 0 Å². The maximum atomic E-state index is 10.7. The average molecular weight is 282 g/mol. The third-order valence-electron chi connectivity index (χ3n) is 3.09. The standard InChI is InChI=1S/C18H18O3/c1-13-3-6-15(7-4-13)12-21-17-9-5-14(2)11-16(17)8-10-18(19)20/h3-11H,12H2,1-2H3,(H,19,20). The monoisotopic (exact) mass is 282 g/mol. The van der Waals surface area contributed by atoms with Crippen molar-refractivity contribution in [1.29, 1.82) is 0 Å². The zero-order valence-corrected chi connectivity index (χ0v) is 12.2. The van der Waals surface area contributed by atoms with Crippen molar-refractivity contribution in [1.82, 2.24) is 0 Å². The molecule has 0 saturated heterocycles. The highest BCUT2D eigenvalue weighted by Crippen LogP contribution is 2.22. The Hall–Kier alpha value is -2.55. The van der Waals surface area contributed by atoms with E-state index in [9.17, 15) is 4.79 Å². The summed E-state index contributed by atoms with van der Waals surface area (Å²) < 4.78 is 5.81. The highest BCUT2D eigenvalue weighted by Gasteiger charge is 2.03. The fourth-order valence-corrected chi connectivity index (χ4v) is 1.94. The quantitative estimate of drug-likeness (QED) is 0.844. The Morgan fingerprint density at radius 3 is 2.43 bits per heavy atom. The Balaban J connectivity index is 2.15. The number of carbonyl (C=O) groups is 1. The van der Waals surface area contributed by atoms with Gasteiger partial charge in [0.25, 0.3) is 0 Å². The summed E-state index contributed by atoms with van der Waals surface area (Å²) in [5.41, 5.74) is 4.11. The third-order valence-corrected chi connectivity index (χ3v) is 3.09. The summed E-state index contributed by atoms with van der Waals surface area (Å²) in [6.45, 7) is 4.46. The van der Waals surface area contributed by atoms with Crippen LogP contribution in [0, 0.1) is 13.8 Å². The van der Waals surface area contributed by atoms with Crippen molar-refractivity contribution in [2.45, 2.75) is 20.5 Å². The molecule has 21 heavy (non-hydrogen) atoms. The van der Waals surface area contributed by atoms with E-state index < -0.39 is 5.97 Å². The molecular formula is C18H18O3. The molecule has 2 aromatic carbocycles. The molecule has 0 amide bonds. The first-order valence-corrected chi connectivity index (χ1v) is 6.74. The Labute approximate surface area is 124 Å². The minimum absolute atomic E-state index is 0.456. The van der Waals surface area contributed by atoms with Gasteiger partial charge in [-0.05, 0) is 37.6 Å². The highest BCUT2D eigenvalue weighted by molar-refractivity contribution is 5.85. The predicted molar refractivity (Wildman–Crippen MR) is 83.4 cm³/mol. The van der Waals surface area contributed by atoms with Crippen molar-refractivity contribution in [3.63, 3.8) is 0 Å². The lowest BCUT2D eigenvalue weighted by atomic mass is 10.1. The Kier molecular flexibility index (Phi) is 4.77. The van der Waals surface area contributed by atoms with E-state index in [1.807, 2.05) is 56.3 Å². The molecule has 0 heterocycles. The Bertz CT molecular complexity index is 655. The first-order valence-electron chi connectivity index (χ1n) is 6.74. The van der Waals surface area contributed by atoms with E-state index in [-0.39, 0.29) is 0 Å². The van der Waals surface area contributed by atoms with Crippen LogP contribution >= 0.6 is 0 Å². The van der Waals surface area contributed by atoms with E-state index in [0.29, 0.717) is 12.4 Å². The molecule has 108 valence electrons. The van der Waals surface area contributed by atoms with Gasteiger partial charge in [0.05, 0.1) is 0 Å². The summed E-state index contributed by atoms with van der Waals surface area (Å²) >= 11 is 0. The van der Waals surface area contributed by atoms with Gasteiger partial charge in [0.2, 0.25) is 0 Å². The van der Waals surface area contributed by atoms with Crippen molar-refractivity contribution < 1.29 is 14.6 Å². The summed E-state index contributed by atoms with van der Waals surface area (Å²) in [6, 6.07) is 13.8. The molecule has 3 heteroatoms. The second-order valence-corrected chi connectivity index (χ2v) is 4.99. The Morgan fingerprint density at radius 2 is 1.76 bits per heavy atom. The number of benzene rings is 2. The normalized spacial score (nSPS) is 10.8. The first kappa shape index (κ1) is 14.9. The van der Waals surface area contributed by atoms with Crippen LogP contribution in [0.1, 0.15) is 22.3 Å². The summed E-state index contributed by atoms with van der Waals surface area (Å²) in [6.07, 6.45) is 2.67. The lowest BCUT2D eigenvalue weighted by molar-refractivity contribution is -0.131. The van der Waals surface area contributed by atoms with E-state index in [1.54, 1.807) is 6.08 Å². The molecule has 0 aromatic heterocycles. The van der Waals surface area contributed by atoms with Gasteiger partial charge in [-0.2, -0.15) is 0 Å². The lowest BCUT2D eigenvalue weighted by Gasteiger charge is -2.10. The van der Waals surface area contributed by atoms with E-state index in [1.165, 1.54) is 5.56 Å². The number of ether oxygens (including phenoxy) is 1. The van der Waals surface area contributed by atoms with Gasteiger partial charge in [-0.3, -0.25) is 0 Å². The van der Waals surface area contributed by atoms with Gasteiger partial charge in [-0.1, -0.05) is 41.5 Å². The van der Waals surface area contributed by atoms with Crippen molar-refractivity contribution in [2.75, 3.05) is 0 Å². The molecule has 0 radical (unpaired) electrons. The van der Waals surface area contributed by atoms with Crippen molar-refractivity contribution in [3.05, 3.63) is 70.8 Å². The number of aliphatic carboxylic acids is 1. The predicted octanol–water partition coefficient (Wildman–Crippen LogP) is 3.98. The molecular weight excluding hydrogens is 264 g/mol. The van der Waals surface area contributed by atoms with E-state index in [2.05, 4.69) is 0 Å². The highest BCUT2D eigenvalue weighted by atomic mass is 16.5. The number of carboxylic acids is 1. The molecule has 0 saturated carbocycles. The molecule has 0 aliphatic carbocycles. The zero-order chi connectivity index (χ0) is 15.2. The molecule has 1 N–H and O–H groups in total. The first-order chi connectivity index (χ1) is 10.0. The molecule has 3 nitrogen and oxygen atoms in total. The molecule has 0 bridgehead atoms. The minimum Gasteiger partial charge on any atom is -0.488 e. The maximum Gasteiger partial charge on any atom is 0.328 e. The number of hydrogen-bond donors (Lipinski definition) is 1. The zero-order valence-electron chi connectivity index (χ0n) is 12.2. The van der Waals surface area contributed by atoms with Crippen LogP contribution in [0.5, 0.6) is 5.75 Å². The molecule has 0 aliphatic rings. The summed E-state index contributed by atoms with van der Waals surface area (Å²) in [5.74, 6) is -0.292. The van der Waals surface area contributed by atoms with Crippen molar-refractivity contribution in [3.8, 4) is 5.75 Å². The van der Waals surface area contributed by atoms with Crippen LogP contribution in [0.3, 0.4) is 0 Å². The lowest BCUT2D eigenvalue weighted by Crippen LogP contribution is -1.97. The summed E-state index contributed by atoms with van der Waals surface area (Å²) in [5, 5.41) is 8.74. The van der Waals surface area contributed by atoms with Gasteiger partial charge >= 0.3 is 5.97 Å². The molecule has 0 spiro atoms. The molecule has 0 unspecified atom stereocenters. The molecule has 0 aliphatic heterocycles. The minimum atomic E-state index is -0.971. The van der Waals surface area contributed by atoms with Crippen LogP contribution < -0.4 is 4.74 Å². The molecule has 2 aromatic rings. The van der Waals surface area contributed by atoms with Gasteiger partial charge < -0.3 is 9.84 Å². The van der Waals surface area contributed by atoms with Gasteiger partial charge in [0.15, 0.2) is 0 Å². The number of carboxylic acid groups (broad SMARTS) is 1. The van der Waals surface area contributed by atoms with Crippen LogP contribution in [-0.4, -0.2) is 11.1 Å². The Morgan fingerprint density at radius 1 is 1.10 bits per heavy atom. The van der Waals surface area contributed by atoms with Crippen LogP contribution in [-0.2, 0) is 11.4 Å². The van der Waals surface area contributed by atoms with Crippen LogP contribution in [0.25, 0.3) is 6.08 Å². The fourth-order valence-electron chi connectivity index (χ4n) is 1.94. The van der Waals surface area contributed by atoms with Crippen molar-refractivity contribution >= 4 is 12.0 Å². The fraction of sp³-hybridized carbons (Fsp3) is 0.167. The average Bonchev–Trinajstić information content (AvgIpc) is 2.45. The second kappa shape index (κ2) is 6.75. The van der Waals surface area contributed by atoms with Gasteiger partial charge in [0, 0.05) is 11.6 Å². The maximum absolute atomic E-state index is 10.7. The number of aryl methyl sites for hydroxylation is 2. The number of rotatable bonds is 5. The smallest absolute Gasteiger partial charge is 0.328 e.